The van der Waals surface area contributed by atoms with Crippen LogP contribution in [0.15, 0.2) is 23.3 Å². The summed E-state index contributed by atoms with van der Waals surface area (Å²) in [5.74, 6) is -0.172. The fourth-order valence-electron chi connectivity index (χ4n) is 3.86. The summed E-state index contributed by atoms with van der Waals surface area (Å²) in [6.45, 7) is 8.07. The number of esters is 1. The molecule has 2 aliphatic carbocycles. The molecule has 1 saturated heterocycles. The number of carbonyl (C=O) groups excluding carboxylic acids is 2. The molecule has 0 bridgehead atoms. The fraction of sp³-hybridized carbons (Fsp3) is 0.625. The molecule has 4 unspecified atom stereocenters. The van der Waals surface area contributed by atoms with Crippen molar-refractivity contribution in [1.82, 2.24) is 0 Å². The van der Waals surface area contributed by atoms with E-state index in [2.05, 4.69) is 13.8 Å². The van der Waals surface area contributed by atoms with Crippen LogP contribution in [0.3, 0.4) is 0 Å². The molecule has 0 aromatic rings. The summed E-state index contributed by atoms with van der Waals surface area (Å²) in [6, 6.07) is 0. The maximum atomic E-state index is 12.0. The summed E-state index contributed by atoms with van der Waals surface area (Å²) in [5.41, 5.74) is 1.50. The van der Waals surface area contributed by atoms with E-state index in [9.17, 15) is 9.59 Å². The van der Waals surface area contributed by atoms with Gasteiger partial charge >= 0.3 is 5.97 Å². The Hall–Kier alpha value is -1.38. The molecule has 3 heteroatoms. The van der Waals surface area contributed by atoms with Crippen molar-refractivity contribution >= 4 is 11.8 Å². The van der Waals surface area contributed by atoms with Crippen molar-refractivity contribution in [2.75, 3.05) is 0 Å². The van der Waals surface area contributed by atoms with Crippen LogP contribution >= 0.6 is 0 Å². The number of fused-ring (bicyclic) bond motifs is 3. The van der Waals surface area contributed by atoms with Gasteiger partial charge in [0.1, 0.15) is 6.10 Å². The predicted molar refractivity (Wildman–Crippen MR) is 71.3 cm³/mol. The van der Waals surface area contributed by atoms with E-state index < -0.39 is 0 Å². The van der Waals surface area contributed by atoms with Crippen LogP contribution in [0.25, 0.3) is 0 Å². The maximum absolute atomic E-state index is 12.0. The largest absolute Gasteiger partial charge is 0.457 e. The predicted octanol–water partition coefficient (Wildman–Crippen LogP) is 2.81. The van der Waals surface area contributed by atoms with E-state index in [1.807, 2.05) is 19.9 Å². The Balaban J connectivity index is 2.16. The SMILES string of the molecule is CC1=C2C3OC(=O)C(C)C3(C)CCC2(C)C=CC1=O. The minimum Gasteiger partial charge on any atom is -0.457 e. The first-order valence-corrected chi connectivity index (χ1v) is 6.95. The maximum Gasteiger partial charge on any atom is 0.309 e. The van der Waals surface area contributed by atoms with E-state index in [0.29, 0.717) is 0 Å². The number of ketones is 1. The van der Waals surface area contributed by atoms with Gasteiger partial charge in [-0.2, -0.15) is 0 Å². The number of hydrogen-bond donors (Lipinski definition) is 0. The molecule has 102 valence electrons. The Kier molecular flexibility index (Phi) is 2.39. The number of hydrogen-bond acceptors (Lipinski definition) is 3. The molecular formula is C16H20O3. The summed E-state index contributed by atoms with van der Waals surface area (Å²) in [4.78, 5) is 23.9. The molecule has 19 heavy (non-hydrogen) atoms. The van der Waals surface area contributed by atoms with E-state index in [0.717, 1.165) is 24.0 Å². The van der Waals surface area contributed by atoms with E-state index in [4.69, 9.17) is 4.74 Å². The molecule has 0 N–H and O–H groups in total. The van der Waals surface area contributed by atoms with Crippen molar-refractivity contribution in [3.63, 3.8) is 0 Å². The zero-order chi connectivity index (χ0) is 14.0. The lowest BCUT2D eigenvalue weighted by Gasteiger charge is -2.47. The molecule has 0 amide bonds. The van der Waals surface area contributed by atoms with E-state index in [1.165, 1.54) is 0 Å². The average Bonchev–Trinajstić information content (AvgIpc) is 2.59. The van der Waals surface area contributed by atoms with Crippen LogP contribution < -0.4 is 0 Å². The zero-order valence-corrected chi connectivity index (χ0v) is 11.9. The third kappa shape index (κ3) is 1.44. The van der Waals surface area contributed by atoms with Crippen molar-refractivity contribution in [3.05, 3.63) is 23.3 Å². The molecule has 0 aromatic carbocycles. The molecule has 3 rings (SSSR count). The van der Waals surface area contributed by atoms with Crippen molar-refractivity contribution in [2.45, 2.75) is 46.6 Å². The van der Waals surface area contributed by atoms with Crippen LogP contribution in [0, 0.1) is 16.7 Å². The lowest BCUT2D eigenvalue weighted by atomic mass is 9.56. The molecule has 0 spiro atoms. The van der Waals surface area contributed by atoms with Gasteiger partial charge in [0.25, 0.3) is 0 Å². The number of rotatable bonds is 0. The third-order valence-electron chi connectivity index (χ3n) is 5.61. The summed E-state index contributed by atoms with van der Waals surface area (Å²) < 4.78 is 5.65. The minimum absolute atomic E-state index is 0.0485. The van der Waals surface area contributed by atoms with Gasteiger partial charge in [0.15, 0.2) is 5.78 Å². The fourth-order valence-corrected chi connectivity index (χ4v) is 3.86. The number of ether oxygens (including phenoxy) is 1. The average molecular weight is 260 g/mol. The quantitative estimate of drug-likeness (QED) is 0.629. The Morgan fingerprint density at radius 3 is 2.63 bits per heavy atom. The van der Waals surface area contributed by atoms with Gasteiger partial charge in [0.05, 0.1) is 5.92 Å². The van der Waals surface area contributed by atoms with Crippen LogP contribution in [0.2, 0.25) is 0 Å². The van der Waals surface area contributed by atoms with E-state index in [1.54, 1.807) is 6.08 Å². The standard InChI is InChI=1S/C16H20O3/c1-9-11(17)5-6-15(3)7-8-16(4)10(2)14(18)19-13(16)12(9)15/h5-6,10,13H,7-8H2,1-4H3. The van der Waals surface area contributed by atoms with Crippen LogP contribution in [-0.4, -0.2) is 17.9 Å². The first-order chi connectivity index (χ1) is 8.79. The van der Waals surface area contributed by atoms with Crippen molar-refractivity contribution in [1.29, 1.82) is 0 Å². The van der Waals surface area contributed by atoms with Gasteiger partial charge in [-0.15, -0.1) is 0 Å². The Labute approximate surface area is 113 Å². The third-order valence-corrected chi connectivity index (χ3v) is 5.61. The lowest BCUT2D eigenvalue weighted by molar-refractivity contribution is -0.143. The second-order valence-corrected chi connectivity index (χ2v) is 6.70. The highest BCUT2D eigenvalue weighted by atomic mass is 16.6. The molecule has 0 aromatic heterocycles. The Bertz CT molecular complexity index is 542. The van der Waals surface area contributed by atoms with Gasteiger partial charge in [0.2, 0.25) is 0 Å². The number of carbonyl (C=O) groups is 2. The zero-order valence-electron chi connectivity index (χ0n) is 11.9. The molecule has 3 aliphatic rings. The van der Waals surface area contributed by atoms with Gasteiger partial charge in [0, 0.05) is 16.4 Å². The van der Waals surface area contributed by atoms with Crippen molar-refractivity contribution < 1.29 is 14.3 Å². The van der Waals surface area contributed by atoms with Crippen LogP contribution in [0.4, 0.5) is 0 Å². The highest BCUT2D eigenvalue weighted by molar-refractivity contribution is 6.05. The summed E-state index contributed by atoms with van der Waals surface area (Å²) >= 11 is 0. The summed E-state index contributed by atoms with van der Waals surface area (Å²) in [6.07, 6.45) is 5.35. The van der Waals surface area contributed by atoms with Gasteiger partial charge in [-0.3, -0.25) is 9.59 Å². The number of allylic oxidation sites excluding steroid dienone is 3. The van der Waals surface area contributed by atoms with Crippen LogP contribution in [0.5, 0.6) is 0 Å². The summed E-state index contributed by atoms with van der Waals surface area (Å²) in [7, 11) is 0. The van der Waals surface area contributed by atoms with Gasteiger partial charge < -0.3 is 4.74 Å². The normalized spacial score (nSPS) is 45.1. The minimum atomic E-state index is -0.234. The molecule has 1 heterocycles. The molecule has 1 saturated carbocycles. The lowest BCUT2D eigenvalue weighted by Crippen LogP contribution is -2.46. The first kappa shape index (κ1) is 12.6. The topological polar surface area (TPSA) is 43.4 Å². The highest BCUT2D eigenvalue weighted by Gasteiger charge is 2.59. The molecule has 1 aliphatic heterocycles. The molecule has 3 nitrogen and oxygen atoms in total. The van der Waals surface area contributed by atoms with Gasteiger partial charge in [-0.25, -0.2) is 0 Å². The molecule has 4 atom stereocenters. The molecule has 2 fully saturated rings. The Morgan fingerprint density at radius 1 is 1.26 bits per heavy atom. The van der Waals surface area contributed by atoms with E-state index >= 15 is 0 Å². The van der Waals surface area contributed by atoms with Gasteiger partial charge in [-0.05, 0) is 31.4 Å². The van der Waals surface area contributed by atoms with Crippen LogP contribution in [-0.2, 0) is 14.3 Å². The monoisotopic (exact) mass is 260 g/mol. The second kappa shape index (κ2) is 3.59. The smallest absolute Gasteiger partial charge is 0.309 e. The summed E-state index contributed by atoms with van der Waals surface area (Å²) in [5, 5.41) is 0. The van der Waals surface area contributed by atoms with Crippen molar-refractivity contribution in [2.24, 2.45) is 16.7 Å². The van der Waals surface area contributed by atoms with Gasteiger partial charge in [-0.1, -0.05) is 26.8 Å². The first-order valence-electron chi connectivity index (χ1n) is 6.95. The highest BCUT2D eigenvalue weighted by Crippen LogP contribution is 2.58. The Morgan fingerprint density at radius 2 is 1.95 bits per heavy atom. The molecule has 0 radical (unpaired) electrons. The van der Waals surface area contributed by atoms with E-state index in [-0.39, 0.29) is 34.6 Å². The second-order valence-electron chi connectivity index (χ2n) is 6.70. The molecular weight excluding hydrogens is 240 g/mol. The van der Waals surface area contributed by atoms with Crippen LogP contribution in [0.1, 0.15) is 40.5 Å². The van der Waals surface area contributed by atoms with Crippen molar-refractivity contribution in [3.8, 4) is 0 Å².